The molecule has 0 spiro atoms. The zero-order chi connectivity index (χ0) is 19.4. The second kappa shape index (κ2) is 6.98. The Bertz CT molecular complexity index is 637. The number of fused-ring (bicyclic) bond motifs is 5. The van der Waals surface area contributed by atoms with Crippen molar-refractivity contribution in [3.63, 3.8) is 0 Å². The lowest BCUT2D eigenvalue weighted by Gasteiger charge is -2.61. The second-order valence-corrected chi connectivity index (χ2v) is 10.9. The summed E-state index contributed by atoms with van der Waals surface area (Å²) in [4.78, 5) is 0. The Kier molecular flexibility index (Phi) is 5.07. The van der Waals surface area contributed by atoms with Crippen LogP contribution in [-0.2, 0) is 0 Å². The minimum Gasteiger partial charge on any atom is -0.393 e. The first kappa shape index (κ1) is 19.6. The highest BCUT2D eigenvalue weighted by molar-refractivity contribution is 7.80. The fraction of sp³-hybridized carbons (Fsp3) is 0.909. The molecule has 4 aliphatic carbocycles. The predicted molar refractivity (Wildman–Crippen MR) is 114 cm³/mol. The Labute approximate surface area is 169 Å². The van der Waals surface area contributed by atoms with Crippen LogP contribution in [0.5, 0.6) is 0 Å². The van der Waals surface area contributed by atoms with Crippen LogP contribution < -0.4 is 11.2 Å². The lowest BCUT2D eigenvalue weighted by Crippen LogP contribution is -2.54. The zero-order valence-corrected chi connectivity index (χ0v) is 18.0. The molecule has 4 nitrogen and oxygen atoms in total. The van der Waals surface area contributed by atoms with Crippen LogP contribution in [0.1, 0.15) is 78.6 Å². The lowest BCUT2D eigenvalue weighted by molar-refractivity contribution is -0.123. The minimum absolute atomic E-state index is 0.0515. The van der Waals surface area contributed by atoms with E-state index >= 15 is 0 Å². The maximum atomic E-state index is 10.2. The molecule has 4 rings (SSSR count). The van der Waals surface area contributed by atoms with Crippen LogP contribution in [0.25, 0.3) is 0 Å². The number of nitrogens with two attached hydrogens (primary N) is 1. The summed E-state index contributed by atoms with van der Waals surface area (Å²) in [6.45, 7) is 7.25. The third-order valence-corrected chi connectivity index (χ3v) is 9.58. The maximum Gasteiger partial charge on any atom is 0.184 e. The van der Waals surface area contributed by atoms with Crippen molar-refractivity contribution in [2.75, 3.05) is 0 Å². The summed E-state index contributed by atoms with van der Waals surface area (Å²) in [6.07, 6.45) is 11.2. The van der Waals surface area contributed by atoms with Gasteiger partial charge in [-0.25, -0.2) is 0 Å². The number of hydrogen-bond donors (Lipinski definition) is 3. The fourth-order valence-electron chi connectivity index (χ4n) is 8.14. The average Bonchev–Trinajstić information content (AvgIpc) is 2.97. The summed E-state index contributed by atoms with van der Waals surface area (Å²) in [5.74, 6) is 3.82. The number of nitrogens with one attached hydrogen (secondary N) is 1. The number of aliphatic hydroxyl groups excluding tert-OH is 1. The van der Waals surface area contributed by atoms with Gasteiger partial charge in [-0.1, -0.05) is 13.8 Å². The first-order valence-electron chi connectivity index (χ1n) is 11.0. The van der Waals surface area contributed by atoms with Crippen LogP contribution in [-0.4, -0.2) is 22.0 Å². The first-order chi connectivity index (χ1) is 12.8. The normalized spacial score (nSPS) is 49.7. The van der Waals surface area contributed by atoms with Gasteiger partial charge in [0.15, 0.2) is 5.11 Å². The van der Waals surface area contributed by atoms with Gasteiger partial charge >= 0.3 is 0 Å². The molecule has 0 aliphatic heterocycles. The van der Waals surface area contributed by atoms with Gasteiger partial charge in [0.2, 0.25) is 0 Å². The van der Waals surface area contributed by atoms with Crippen molar-refractivity contribution in [1.82, 2.24) is 5.43 Å². The van der Waals surface area contributed by atoms with E-state index in [1.54, 1.807) is 0 Å². The molecule has 152 valence electrons. The van der Waals surface area contributed by atoms with Gasteiger partial charge in [0.05, 0.1) is 6.10 Å². The Balaban J connectivity index is 1.55. The van der Waals surface area contributed by atoms with E-state index < -0.39 is 0 Å². The topological polar surface area (TPSA) is 70.6 Å². The Morgan fingerprint density at radius 1 is 1.04 bits per heavy atom. The molecule has 8 atom stereocenters. The first-order valence-corrected chi connectivity index (χ1v) is 11.4. The van der Waals surface area contributed by atoms with Crippen molar-refractivity contribution >= 4 is 23.0 Å². The largest absolute Gasteiger partial charge is 0.393 e. The zero-order valence-electron chi connectivity index (χ0n) is 17.2. The third-order valence-electron chi connectivity index (χ3n) is 9.48. The minimum atomic E-state index is -0.0515. The molecule has 4 N–H and O–H groups in total. The van der Waals surface area contributed by atoms with Gasteiger partial charge in [0.25, 0.3) is 0 Å². The van der Waals surface area contributed by atoms with E-state index in [0.717, 1.165) is 36.5 Å². The molecular formula is C22H37N3OS. The van der Waals surface area contributed by atoms with E-state index in [4.69, 9.17) is 18.0 Å². The summed E-state index contributed by atoms with van der Waals surface area (Å²) >= 11 is 4.92. The van der Waals surface area contributed by atoms with E-state index in [1.807, 2.05) is 0 Å². The second-order valence-electron chi connectivity index (χ2n) is 10.5. The Morgan fingerprint density at radius 2 is 1.74 bits per heavy atom. The molecule has 8 unspecified atom stereocenters. The van der Waals surface area contributed by atoms with E-state index in [0.29, 0.717) is 16.7 Å². The molecule has 0 aromatic heterocycles. The van der Waals surface area contributed by atoms with Crippen molar-refractivity contribution < 1.29 is 5.11 Å². The molecule has 0 aromatic carbocycles. The smallest absolute Gasteiger partial charge is 0.184 e. The van der Waals surface area contributed by atoms with Gasteiger partial charge < -0.3 is 10.8 Å². The molecule has 4 aliphatic rings. The summed E-state index contributed by atoms with van der Waals surface area (Å²) in [7, 11) is 0. The monoisotopic (exact) mass is 391 g/mol. The van der Waals surface area contributed by atoms with Crippen molar-refractivity contribution in [3.8, 4) is 0 Å². The molecule has 0 heterocycles. The van der Waals surface area contributed by atoms with Crippen LogP contribution in [0.2, 0.25) is 0 Å². The summed E-state index contributed by atoms with van der Waals surface area (Å²) in [6, 6.07) is 0. The molecule has 0 aromatic rings. The van der Waals surface area contributed by atoms with Gasteiger partial charge in [-0.2, -0.15) is 5.10 Å². The van der Waals surface area contributed by atoms with Crippen molar-refractivity contribution in [2.24, 2.45) is 51.3 Å². The summed E-state index contributed by atoms with van der Waals surface area (Å²) < 4.78 is 0. The Hall–Kier alpha value is -0.680. The van der Waals surface area contributed by atoms with Crippen molar-refractivity contribution in [3.05, 3.63) is 0 Å². The van der Waals surface area contributed by atoms with Gasteiger partial charge in [-0.05, 0) is 111 Å². The predicted octanol–water partition coefficient (Wildman–Crippen LogP) is 4.22. The molecular weight excluding hydrogens is 354 g/mol. The number of hydrogen-bond acceptors (Lipinski definition) is 3. The van der Waals surface area contributed by atoms with Gasteiger partial charge in [-0.3, -0.25) is 5.43 Å². The fourth-order valence-corrected chi connectivity index (χ4v) is 8.19. The van der Waals surface area contributed by atoms with Crippen LogP contribution in [0.4, 0.5) is 0 Å². The molecule has 0 saturated heterocycles. The van der Waals surface area contributed by atoms with Gasteiger partial charge in [-0.15, -0.1) is 0 Å². The van der Waals surface area contributed by atoms with Crippen LogP contribution >= 0.6 is 12.2 Å². The third kappa shape index (κ3) is 3.13. The van der Waals surface area contributed by atoms with E-state index in [9.17, 15) is 5.11 Å². The number of rotatable bonds is 2. The number of hydrazone groups is 1. The van der Waals surface area contributed by atoms with Crippen molar-refractivity contribution in [1.29, 1.82) is 0 Å². The van der Waals surface area contributed by atoms with E-state index in [2.05, 4.69) is 31.3 Å². The molecule has 5 heteroatoms. The average molecular weight is 392 g/mol. The molecule has 0 amide bonds. The quantitative estimate of drug-likeness (QED) is 0.374. The molecule has 0 bridgehead atoms. The maximum absolute atomic E-state index is 10.2. The SMILES string of the molecule is CC(=NNC(N)=S)C1CCC2C3CCC4CC(O)CCC4(C)C3CCC12C. The van der Waals surface area contributed by atoms with Crippen LogP contribution in [0, 0.1) is 40.4 Å². The van der Waals surface area contributed by atoms with Crippen LogP contribution in [0.3, 0.4) is 0 Å². The van der Waals surface area contributed by atoms with Gasteiger partial charge in [0, 0.05) is 11.6 Å². The molecule has 0 radical (unpaired) electrons. The standard InChI is InChI=1S/C22H37N3OS/c1-13(24-25-20(23)27)17-6-7-18-16-5-4-14-12-15(26)8-10-21(14,2)19(16)9-11-22(17,18)3/h14-19,26H,4-12H2,1-3H3,(H3,23,25,27). The highest BCUT2D eigenvalue weighted by Gasteiger charge is 2.60. The van der Waals surface area contributed by atoms with E-state index in [1.165, 1.54) is 50.7 Å². The van der Waals surface area contributed by atoms with Gasteiger partial charge in [0.1, 0.15) is 0 Å². The lowest BCUT2D eigenvalue weighted by atomic mass is 9.44. The summed E-state index contributed by atoms with van der Waals surface area (Å²) in [5.41, 5.74) is 10.4. The highest BCUT2D eigenvalue weighted by Crippen LogP contribution is 2.67. The summed E-state index contributed by atoms with van der Waals surface area (Å²) in [5, 5.41) is 15.0. The number of nitrogens with zero attached hydrogens (tertiary/aromatic N) is 1. The van der Waals surface area contributed by atoms with Crippen molar-refractivity contribution in [2.45, 2.75) is 84.7 Å². The molecule has 4 saturated carbocycles. The Morgan fingerprint density at radius 3 is 2.48 bits per heavy atom. The number of aliphatic hydroxyl groups is 1. The number of thiocarbonyl (C=S) groups is 1. The highest BCUT2D eigenvalue weighted by atomic mass is 32.1. The molecule has 27 heavy (non-hydrogen) atoms. The molecule has 4 fully saturated rings. The van der Waals surface area contributed by atoms with Crippen LogP contribution in [0.15, 0.2) is 5.10 Å². The van der Waals surface area contributed by atoms with E-state index in [-0.39, 0.29) is 11.2 Å².